The molecule has 2 aromatic rings. The highest BCUT2D eigenvalue weighted by atomic mass is 32.2. The predicted octanol–water partition coefficient (Wildman–Crippen LogP) is 0.648. The van der Waals surface area contributed by atoms with Crippen LogP contribution in [0, 0.1) is 0 Å². The number of benzene rings is 2. The average molecular weight is 312 g/mol. The third-order valence-corrected chi connectivity index (χ3v) is 4.55. The molecule has 20 heavy (non-hydrogen) atoms. The van der Waals surface area contributed by atoms with E-state index in [1.54, 1.807) is 18.2 Å². The fraction of sp³-hybridized carbons (Fsp3) is 0. The van der Waals surface area contributed by atoms with Crippen molar-refractivity contribution in [2.75, 3.05) is 0 Å². The first-order valence-electron chi connectivity index (χ1n) is 5.45. The third-order valence-electron chi connectivity index (χ3n) is 2.67. The van der Waals surface area contributed by atoms with Gasteiger partial charge in [0.25, 0.3) is 0 Å². The minimum atomic E-state index is -3.91. The van der Waals surface area contributed by atoms with E-state index in [4.69, 9.17) is 10.3 Å². The molecule has 0 saturated heterocycles. The quantitative estimate of drug-likeness (QED) is 0.864. The molecule has 0 amide bonds. The lowest BCUT2D eigenvalue weighted by Crippen LogP contribution is -2.14. The van der Waals surface area contributed by atoms with E-state index in [0.717, 1.165) is 0 Å². The lowest BCUT2D eigenvalue weighted by molar-refractivity contribution is 0.596. The monoisotopic (exact) mass is 312 g/mol. The van der Waals surface area contributed by atoms with Crippen molar-refractivity contribution in [3.05, 3.63) is 48.5 Å². The fourth-order valence-electron chi connectivity index (χ4n) is 1.79. The molecule has 0 heterocycles. The number of primary sulfonamides is 2. The van der Waals surface area contributed by atoms with E-state index in [1.165, 1.54) is 30.3 Å². The molecule has 6 nitrogen and oxygen atoms in total. The summed E-state index contributed by atoms with van der Waals surface area (Å²) in [6, 6.07) is 11.8. The molecular weight excluding hydrogens is 300 g/mol. The predicted molar refractivity (Wildman–Crippen MR) is 74.6 cm³/mol. The Morgan fingerprint density at radius 2 is 1.40 bits per heavy atom. The summed E-state index contributed by atoms with van der Waals surface area (Å²) in [7, 11) is -7.77. The zero-order valence-electron chi connectivity index (χ0n) is 10.2. The molecule has 0 aliphatic rings. The van der Waals surface area contributed by atoms with Gasteiger partial charge in [0.05, 0.1) is 9.79 Å². The van der Waals surface area contributed by atoms with Gasteiger partial charge in [-0.3, -0.25) is 0 Å². The van der Waals surface area contributed by atoms with Crippen LogP contribution in [0.1, 0.15) is 0 Å². The molecule has 0 aliphatic carbocycles. The van der Waals surface area contributed by atoms with Gasteiger partial charge in [0.2, 0.25) is 20.0 Å². The molecule has 4 N–H and O–H groups in total. The SMILES string of the molecule is NS(=O)(=O)c1cccc(-c2ccccc2S(N)(=O)=O)c1. The molecule has 0 radical (unpaired) electrons. The minimum absolute atomic E-state index is 0.0773. The fourth-order valence-corrected chi connectivity index (χ4v) is 3.11. The van der Waals surface area contributed by atoms with Crippen LogP contribution in [-0.4, -0.2) is 16.8 Å². The second-order valence-electron chi connectivity index (χ2n) is 4.11. The lowest BCUT2D eigenvalue weighted by atomic mass is 10.1. The highest BCUT2D eigenvalue weighted by Gasteiger charge is 2.16. The molecular formula is C12H12N2O4S2. The third kappa shape index (κ3) is 3.05. The molecule has 2 aromatic carbocycles. The van der Waals surface area contributed by atoms with E-state index < -0.39 is 20.0 Å². The molecule has 0 unspecified atom stereocenters. The summed E-state index contributed by atoms with van der Waals surface area (Å²) in [4.78, 5) is -0.175. The van der Waals surface area contributed by atoms with Crippen molar-refractivity contribution in [2.45, 2.75) is 9.79 Å². The Bertz CT molecular complexity index is 859. The zero-order chi connectivity index (χ0) is 15.0. The number of sulfonamides is 2. The van der Waals surface area contributed by atoms with Crippen LogP contribution in [0.15, 0.2) is 58.3 Å². The molecule has 0 bridgehead atoms. The van der Waals surface area contributed by atoms with E-state index in [1.807, 2.05) is 0 Å². The molecule has 0 spiro atoms. The van der Waals surface area contributed by atoms with Gasteiger partial charge in [0.1, 0.15) is 0 Å². The summed E-state index contributed by atoms with van der Waals surface area (Å²) < 4.78 is 45.8. The smallest absolute Gasteiger partial charge is 0.225 e. The normalized spacial score (nSPS) is 12.3. The molecule has 8 heteroatoms. The molecule has 0 atom stereocenters. The van der Waals surface area contributed by atoms with E-state index >= 15 is 0 Å². The van der Waals surface area contributed by atoms with Gasteiger partial charge in [0, 0.05) is 5.56 Å². The van der Waals surface area contributed by atoms with E-state index in [-0.39, 0.29) is 9.79 Å². The van der Waals surface area contributed by atoms with E-state index in [9.17, 15) is 16.8 Å². The van der Waals surface area contributed by atoms with Crippen LogP contribution in [0.3, 0.4) is 0 Å². The van der Waals surface area contributed by atoms with Crippen molar-refractivity contribution in [1.82, 2.24) is 0 Å². The second-order valence-corrected chi connectivity index (χ2v) is 7.21. The molecule has 2 rings (SSSR count). The van der Waals surface area contributed by atoms with Gasteiger partial charge in [-0.05, 0) is 23.8 Å². The highest BCUT2D eigenvalue weighted by molar-refractivity contribution is 7.89. The topological polar surface area (TPSA) is 120 Å². The summed E-state index contributed by atoms with van der Waals surface area (Å²) in [6.07, 6.45) is 0. The largest absolute Gasteiger partial charge is 0.238 e. The summed E-state index contributed by atoms with van der Waals surface area (Å²) in [5, 5.41) is 10.2. The van der Waals surface area contributed by atoms with Crippen LogP contribution in [-0.2, 0) is 20.0 Å². The maximum Gasteiger partial charge on any atom is 0.238 e. The van der Waals surface area contributed by atoms with Gasteiger partial charge >= 0.3 is 0 Å². The summed E-state index contributed by atoms with van der Waals surface area (Å²) >= 11 is 0. The number of hydrogen-bond acceptors (Lipinski definition) is 4. The van der Waals surface area contributed by atoms with Gasteiger partial charge in [-0.25, -0.2) is 27.1 Å². The first-order valence-corrected chi connectivity index (χ1v) is 8.54. The molecule has 0 aliphatic heterocycles. The van der Waals surface area contributed by atoms with Crippen LogP contribution in [0.2, 0.25) is 0 Å². The Kier molecular flexibility index (Phi) is 3.65. The van der Waals surface area contributed by atoms with Crippen molar-refractivity contribution in [2.24, 2.45) is 10.3 Å². The first-order chi connectivity index (χ1) is 9.19. The van der Waals surface area contributed by atoms with Gasteiger partial charge in [-0.15, -0.1) is 0 Å². The van der Waals surface area contributed by atoms with Crippen molar-refractivity contribution < 1.29 is 16.8 Å². The average Bonchev–Trinajstić information content (AvgIpc) is 2.37. The molecule has 106 valence electrons. The Hall–Kier alpha value is -1.74. The van der Waals surface area contributed by atoms with Crippen LogP contribution in [0.25, 0.3) is 11.1 Å². The standard InChI is InChI=1S/C12H12N2O4S2/c13-19(15,16)10-5-3-4-9(8-10)11-6-1-2-7-12(11)20(14,17)18/h1-8H,(H2,13,15,16)(H2,14,17,18). The van der Waals surface area contributed by atoms with Crippen molar-refractivity contribution in [3.8, 4) is 11.1 Å². The van der Waals surface area contributed by atoms with Crippen LogP contribution in [0.4, 0.5) is 0 Å². The maximum atomic E-state index is 11.5. The second kappa shape index (κ2) is 4.98. The number of rotatable bonds is 3. The zero-order valence-corrected chi connectivity index (χ0v) is 11.9. The first kappa shape index (κ1) is 14.7. The van der Waals surface area contributed by atoms with Gasteiger partial charge < -0.3 is 0 Å². The van der Waals surface area contributed by atoms with Crippen molar-refractivity contribution >= 4 is 20.0 Å². The van der Waals surface area contributed by atoms with Crippen LogP contribution >= 0.6 is 0 Å². The van der Waals surface area contributed by atoms with Crippen molar-refractivity contribution in [1.29, 1.82) is 0 Å². The Labute approximate surface area is 117 Å². The highest BCUT2D eigenvalue weighted by Crippen LogP contribution is 2.27. The lowest BCUT2D eigenvalue weighted by Gasteiger charge is -2.08. The maximum absolute atomic E-state index is 11.5. The van der Waals surface area contributed by atoms with E-state index in [2.05, 4.69) is 0 Å². The minimum Gasteiger partial charge on any atom is -0.225 e. The summed E-state index contributed by atoms with van der Waals surface area (Å²) in [6.45, 7) is 0. The Balaban J connectivity index is 2.71. The van der Waals surface area contributed by atoms with Gasteiger partial charge in [-0.2, -0.15) is 0 Å². The van der Waals surface area contributed by atoms with E-state index in [0.29, 0.717) is 11.1 Å². The molecule has 0 aromatic heterocycles. The Morgan fingerprint density at radius 3 is 2.00 bits per heavy atom. The summed E-state index contributed by atoms with van der Waals surface area (Å²) in [5.41, 5.74) is 0.724. The molecule has 0 saturated carbocycles. The Morgan fingerprint density at radius 1 is 0.750 bits per heavy atom. The van der Waals surface area contributed by atoms with Gasteiger partial charge in [-0.1, -0.05) is 30.3 Å². The van der Waals surface area contributed by atoms with Crippen LogP contribution in [0.5, 0.6) is 0 Å². The molecule has 0 fully saturated rings. The van der Waals surface area contributed by atoms with Crippen LogP contribution < -0.4 is 10.3 Å². The van der Waals surface area contributed by atoms with Gasteiger partial charge in [0.15, 0.2) is 0 Å². The number of hydrogen-bond donors (Lipinski definition) is 2. The van der Waals surface area contributed by atoms with Crippen molar-refractivity contribution in [3.63, 3.8) is 0 Å². The summed E-state index contributed by atoms with van der Waals surface area (Å²) in [5.74, 6) is 0. The number of nitrogens with two attached hydrogens (primary N) is 2.